The molecule has 0 aliphatic carbocycles. The van der Waals surface area contributed by atoms with Crippen LogP contribution in [0.2, 0.25) is 0 Å². The summed E-state index contributed by atoms with van der Waals surface area (Å²) in [4.78, 5) is 12.5. The van der Waals surface area contributed by atoms with E-state index in [1.165, 1.54) is 7.11 Å². The van der Waals surface area contributed by atoms with E-state index in [1.807, 2.05) is 38.1 Å². The number of sulfonamides is 1. The van der Waals surface area contributed by atoms with Crippen molar-refractivity contribution in [3.05, 3.63) is 94.5 Å². The summed E-state index contributed by atoms with van der Waals surface area (Å²) < 4.78 is 33.2. The number of ether oxygens (including phenoxy) is 1. The van der Waals surface area contributed by atoms with E-state index >= 15 is 0 Å². The highest BCUT2D eigenvalue weighted by atomic mass is 32.2. The molecule has 0 fully saturated rings. The molecule has 3 aromatic rings. The molecular formula is C24H26N2O4S. The van der Waals surface area contributed by atoms with E-state index in [1.54, 1.807) is 42.5 Å². The molecule has 31 heavy (non-hydrogen) atoms. The summed E-state index contributed by atoms with van der Waals surface area (Å²) in [5.74, 6) is 0.176. The Hall–Kier alpha value is -3.16. The summed E-state index contributed by atoms with van der Waals surface area (Å²) in [7, 11) is -2.05. The molecule has 0 spiro atoms. The molecule has 0 radical (unpaired) electrons. The molecule has 0 saturated carbocycles. The lowest BCUT2D eigenvalue weighted by Gasteiger charge is -2.14. The lowest BCUT2D eigenvalue weighted by atomic mass is 10.1. The molecule has 3 rings (SSSR count). The second-order valence-corrected chi connectivity index (χ2v) is 9.15. The van der Waals surface area contributed by atoms with E-state index in [0.717, 1.165) is 16.7 Å². The molecule has 0 aliphatic heterocycles. The fourth-order valence-corrected chi connectivity index (χ4v) is 4.20. The minimum atomic E-state index is -3.58. The van der Waals surface area contributed by atoms with Crippen LogP contribution in [0.25, 0.3) is 0 Å². The maximum absolute atomic E-state index is 12.6. The Labute approximate surface area is 183 Å². The smallest absolute Gasteiger partial charge is 0.255 e. The van der Waals surface area contributed by atoms with E-state index in [0.29, 0.717) is 22.6 Å². The van der Waals surface area contributed by atoms with Crippen molar-refractivity contribution in [2.45, 2.75) is 26.1 Å². The maximum Gasteiger partial charge on any atom is 0.255 e. The number of anilines is 1. The van der Waals surface area contributed by atoms with Gasteiger partial charge in [-0.25, -0.2) is 13.1 Å². The molecule has 2 N–H and O–H groups in total. The summed E-state index contributed by atoms with van der Waals surface area (Å²) >= 11 is 0. The van der Waals surface area contributed by atoms with Gasteiger partial charge in [-0.3, -0.25) is 4.79 Å². The number of methoxy groups -OCH3 is 1. The highest BCUT2D eigenvalue weighted by Crippen LogP contribution is 2.23. The molecule has 7 heteroatoms. The second kappa shape index (κ2) is 9.76. The molecule has 0 aliphatic rings. The molecule has 0 atom stereocenters. The third-order valence-electron chi connectivity index (χ3n) is 5.01. The van der Waals surface area contributed by atoms with Crippen LogP contribution in [0, 0.1) is 13.8 Å². The number of carbonyl (C=O) groups excluding carboxylic acids is 1. The number of aryl methyl sites for hydroxylation is 2. The number of carbonyl (C=O) groups is 1. The first-order valence-corrected chi connectivity index (χ1v) is 11.5. The predicted molar refractivity (Wildman–Crippen MR) is 123 cm³/mol. The molecule has 1 amide bonds. The Balaban J connectivity index is 1.76. The van der Waals surface area contributed by atoms with E-state index in [9.17, 15) is 13.2 Å². The van der Waals surface area contributed by atoms with Gasteiger partial charge in [-0.1, -0.05) is 36.4 Å². The van der Waals surface area contributed by atoms with Crippen LogP contribution in [-0.2, 0) is 22.3 Å². The van der Waals surface area contributed by atoms with Crippen molar-refractivity contribution < 1.29 is 17.9 Å². The zero-order valence-corrected chi connectivity index (χ0v) is 18.6. The highest BCUT2D eigenvalue weighted by molar-refractivity contribution is 7.88. The predicted octanol–water partition coefficient (Wildman–Crippen LogP) is 4.18. The highest BCUT2D eigenvalue weighted by Gasteiger charge is 2.15. The standard InChI is InChI=1S/C24H26N2O4S/c1-17-9-10-19(13-18(17)2)16-31(28,29)25-15-21-14-22(30-3)11-12-23(21)26-24(27)20-7-5-4-6-8-20/h4-14,25H,15-16H2,1-3H3,(H,26,27). The number of hydrogen-bond donors (Lipinski definition) is 2. The van der Waals surface area contributed by atoms with Crippen molar-refractivity contribution in [3.63, 3.8) is 0 Å². The number of amides is 1. The lowest BCUT2D eigenvalue weighted by molar-refractivity contribution is 0.102. The van der Waals surface area contributed by atoms with Gasteiger partial charge in [0.15, 0.2) is 0 Å². The van der Waals surface area contributed by atoms with Gasteiger partial charge in [0.25, 0.3) is 5.91 Å². The number of nitrogens with one attached hydrogen (secondary N) is 2. The molecule has 6 nitrogen and oxygen atoms in total. The SMILES string of the molecule is COc1ccc(NC(=O)c2ccccc2)c(CNS(=O)(=O)Cc2ccc(C)c(C)c2)c1. The van der Waals surface area contributed by atoms with Gasteiger partial charge in [-0.05, 0) is 66.4 Å². The van der Waals surface area contributed by atoms with Crippen molar-refractivity contribution in [2.75, 3.05) is 12.4 Å². The van der Waals surface area contributed by atoms with Crippen LogP contribution in [0.4, 0.5) is 5.69 Å². The van der Waals surface area contributed by atoms with E-state index in [4.69, 9.17) is 4.74 Å². The van der Waals surface area contributed by atoms with Gasteiger partial charge in [-0.15, -0.1) is 0 Å². The van der Waals surface area contributed by atoms with Crippen LogP contribution >= 0.6 is 0 Å². The Morgan fingerprint density at radius 2 is 1.68 bits per heavy atom. The third kappa shape index (κ3) is 6.16. The first-order valence-electron chi connectivity index (χ1n) is 9.84. The normalized spacial score (nSPS) is 11.2. The Bertz CT molecular complexity index is 1180. The summed E-state index contributed by atoms with van der Waals surface area (Å²) in [6.45, 7) is 3.96. The van der Waals surface area contributed by atoms with Crippen molar-refractivity contribution in [1.82, 2.24) is 4.72 Å². The van der Waals surface area contributed by atoms with Gasteiger partial charge < -0.3 is 10.1 Å². The molecule has 162 valence electrons. The summed E-state index contributed by atoms with van der Waals surface area (Å²) in [6.07, 6.45) is 0. The van der Waals surface area contributed by atoms with Crippen LogP contribution in [0.1, 0.15) is 32.6 Å². The number of hydrogen-bond acceptors (Lipinski definition) is 4. The molecule has 0 aromatic heterocycles. The number of rotatable bonds is 8. The van der Waals surface area contributed by atoms with Gasteiger partial charge in [0, 0.05) is 17.8 Å². The number of benzene rings is 3. The van der Waals surface area contributed by atoms with Crippen molar-refractivity contribution in [3.8, 4) is 5.75 Å². The average molecular weight is 439 g/mol. The lowest BCUT2D eigenvalue weighted by Crippen LogP contribution is -2.25. The molecule has 0 unspecified atom stereocenters. The molecule has 3 aromatic carbocycles. The van der Waals surface area contributed by atoms with Crippen molar-refractivity contribution in [2.24, 2.45) is 0 Å². The quantitative estimate of drug-likeness (QED) is 0.552. The summed E-state index contributed by atoms with van der Waals surface area (Å²) in [6, 6.07) is 19.6. The molecule has 0 saturated heterocycles. The van der Waals surface area contributed by atoms with Crippen LogP contribution in [0.3, 0.4) is 0 Å². The third-order valence-corrected chi connectivity index (χ3v) is 6.30. The van der Waals surface area contributed by atoms with Gasteiger partial charge in [0.1, 0.15) is 5.75 Å². The van der Waals surface area contributed by atoms with Crippen LogP contribution < -0.4 is 14.8 Å². The Kier molecular flexibility index (Phi) is 7.09. The zero-order chi connectivity index (χ0) is 22.4. The molecule has 0 heterocycles. The minimum absolute atomic E-state index is 0.0226. The van der Waals surface area contributed by atoms with Crippen LogP contribution in [0.5, 0.6) is 5.75 Å². The van der Waals surface area contributed by atoms with E-state index in [-0.39, 0.29) is 18.2 Å². The van der Waals surface area contributed by atoms with Crippen LogP contribution in [0.15, 0.2) is 66.7 Å². The maximum atomic E-state index is 12.6. The molecular weight excluding hydrogens is 412 g/mol. The van der Waals surface area contributed by atoms with Gasteiger partial charge >= 0.3 is 0 Å². The minimum Gasteiger partial charge on any atom is -0.497 e. The largest absolute Gasteiger partial charge is 0.497 e. The van der Waals surface area contributed by atoms with Gasteiger partial charge in [-0.2, -0.15) is 0 Å². The van der Waals surface area contributed by atoms with Gasteiger partial charge in [0.2, 0.25) is 10.0 Å². The van der Waals surface area contributed by atoms with E-state index in [2.05, 4.69) is 10.0 Å². The van der Waals surface area contributed by atoms with Crippen LogP contribution in [-0.4, -0.2) is 21.4 Å². The van der Waals surface area contributed by atoms with Gasteiger partial charge in [0.05, 0.1) is 12.9 Å². The Morgan fingerprint density at radius 3 is 2.35 bits per heavy atom. The first-order chi connectivity index (χ1) is 14.8. The molecule has 0 bridgehead atoms. The monoisotopic (exact) mass is 438 g/mol. The van der Waals surface area contributed by atoms with E-state index < -0.39 is 10.0 Å². The second-order valence-electron chi connectivity index (χ2n) is 7.34. The summed E-state index contributed by atoms with van der Waals surface area (Å²) in [5.41, 5.74) is 4.52. The fraction of sp³-hybridized carbons (Fsp3) is 0.208. The van der Waals surface area contributed by atoms with Crippen molar-refractivity contribution in [1.29, 1.82) is 0 Å². The fourth-order valence-electron chi connectivity index (χ4n) is 3.10. The topological polar surface area (TPSA) is 84.5 Å². The Morgan fingerprint density at radius 1 is 0.935 bits per heavy atom. The summed E-state index contributed by atoms with van der Waals surface area (Å²) in [5, 5.41) is 2.85. The average Bonchev–Trinajstić information content (AvgIpc) is 2.76. The first kappa shape index (κ1) is 22.5. The zero-order valence-electron chi connectivity index (χ0n) is 17.8. The van der Waals surface area contributed by atoms with Crippen molar-refractivity contribution >= 4 is 21.6 Å².